The molecule has 52 heavy (non-hydrogen) atoms. The number of rotatable bonds is 12. The van der Waals surface area contributed by atoms with E-state index < -0.39 is 13.7 Å². The third-order valence-electron chi connectivity index (χ3n) is 15.4. The Balaban J connectivity index is 1.18. The van der Waals surface area contributed by atoms with Gasteiger partial charge >= 0.3 is 0 Å². The number of β-lactam (4-membered cyclic amide) rings is 1. The summed E-state index contributed by atoms with van der Waals surface area (Å²) in [7, 11) is -0.267. The molecule has 292 valence electrons. The Hall–Kier alpha value is -1.75. The van der Waals surface area contributed by atoms with Crippen LogP contribution >= 0.6 is 0 Å². The fourth-order valence-electron chi connectivity index (χ4n) is 12.5. The molecule has 1 spiro atoms. The van der Waals surface area contributed by atoms with Crippen LogP contribution in [0.15, 0.2) is 11.3 Å². The van der Waals surface area contributed by atoms with Crippen molar-refractivity contribution in [3.63, 3.8) is 0 Å². The molecule has 3 heterocycles. The van der Waals surface area contributed by atoms with Gasteiger partial charge in [-0.15, -0.1) is 0 Å². The third kappa shape index (κ3) is 7.21. The van der Waals surface area contributed by atoms with E-state index in [2.05, 4.69) is 29.8 Å². The highest BCUT2D eigenvalue weighted by molar-refractivity contribution is 6.80. The molecule has 0 aromatic heterocycles. The zero-order valence-electron chi connectivity index (χ0n) is 32.9. The van der Waals surface area contributed by atoms with Gasteiger partial charge in [0.15, 0.2) is 5.60 Å². The van der Waals surface area contributed by atoms with Crippen LogP contribution in [0.1, 0.15) is 129 Å². The van der Waals surface area contributed by atoms with Gasteiger partial charge in [0.1, 0.15) is 0 Å². The van der Waals surface area contributed by atoms with Crippen LogP contribution in [0.5, 0.6) is 0 Å². The Bertz CT molecular complexity index is 1340. The maximum Gasteiger partial charge on any atom is 0.263 e. The molecule has 1 N–H and O–H groups in total. The molecule has 3 amide bonds. The van der Waals surface area contributed by atoms with Gasteiger partial charge in [0.25, 0.3) is 5.91 Å². The van der Waals surface area contributed by atoms with Gasteiger partial charge in [-0.05, 0) is 99.1 Å². The molecule has 10 heteroatoms. The Morgan fingerprint density at radius 1 is 0.942 bits per heavy atom. The molecule has 7 rings (SSSR count). The van der Waals surface area contributed by atoms with Gasteiger partial charge in [-0.1, -0.05) is 58.5 Å². The van der Waals surface area contributed by atoms with Crippen molar-refractivity contribution < 1.29 is 29.0 Å². The smallest absolute Gasteiger partial charge is 0.263 e. The Morgan fingerprint density at radius 3 is 2.35 bits per heavy atom. The number of carbonyl (C=O) groups excluding carboxylic acids is 3. The highest BCUT2D eigenvalue weighted by Gasteiger charge is 2.67. The summed E-state index contributed by atoms with van der Waals surface area (Å²) in [6.45, 7) is 10.0. The molecule has 9 nitrogen and oxygen atoms in total. The summed E-state index contributed by atoms with van der Waals surface area (Å²) < 4.78 is 13.2. The summed E-state index contributed by atoms with van der Waals surface area (Å²) in [5.74, 6) is 1.38. The van der Waals surface area contributed by atoms with E-state index in [1.165, 1.54) is 30.5 Å². The number of aliphatic hydroxyl groups excluding tert-OH is 1. The van der Waals surface area contributed by atoms with Gasteiger partial charge in [0, 0.05) is 57.4 Å². The topological polar surface area (TPSA) is 99.6 Å². The van der Waals surface area contributed by atoms with Crippen molar-refractivity contribution in [2.24, 2.45) is 17.8 Å². The van der Waals surface area contributed by atoms with Gasteiger partial charge in [0.05, 0.1) is 33.3 Å². The van der Waals surface area contributed by atoms with E-state index >= 15 is 4.79 Å². The maximum absolute atomic E-state index is 15.3. The first-order chi connectivity index (χ1) is 25.1. The summed E-state index contributed by atoms with van der Waals surface area (Å²) >= 11 is 0. The van der Waals surface area contributed by atoms with Crippen molar-refractivity contribution in [1.29, 1.82) is 0 Å². The van der Waals surface area contributed by atoms with E-state index in [1.54, 1.807) is 0 Å². The number of carbonyl (C=O) groups is 3. The second-order valence-corrected chi connectivity index (χ2v) is 23.7. The van der Waals surface area contributed by atoms with Gasteiger partial charge in [-0.25, -0.2) is 0 Å². The van der Waals surface area contributed by atoms with Crippen molar-refractivity contribution in [2.75, 3.05) is 39.9 Å². The molecule has 6 atom stereocenters. The number of likely N-dealkylation sites (tertiary alicyclic amines) is 1. The molecule has 2 unspecified atom stereocenters. The number of hydrogen-bond acceptors (Lipinski definition) is 6. The van der Waals surface area contributed by atoms with Crippen molar-refractivity contribution in [1.82, 2.24) is 14.7 Å². The molecule has 0 aromatic rings. The summed E-state index contributed by atoms with van der Waals surface area (Å²) in [6, 6.07) is 0.309. The van der Waals surface area contributed by atoms with Crippen molar-refractivity contribution in [3.05, 3.63) is 11.3 Å². The van der Waals surface area contributed by atoms with Crippen LogP contribution in [0.2, 0.25) is 24.2 Å². The molecular weight excluding hydrogens is 671 g/mol. The van der Waals surface area contributed by atoms with E-state index in [9.17, 15) is 14.7 Å². The quantitative estimate of drug-likeness (QED) is 0.170. The Morgan fingerprint density at radius 2 is 1.67 bits per heavy atom. The van der Waals surface area contributed by atoms with Gasteiger partial charge in [-0.3, -0.25) is 14.4 Å². The van der Waals surface area contributed by atoms with Crippen molar-refractivity contribution in [2.45, 2.75) is 177 Å². The lowest BCUT2D eigenvalue weighted by atomic mass is 9.78. The van der Waals surface area contributed by atoms with Gasteiger partial charge in [0.2, 0.25) is 11.8 Å². The van der Waals surface area contributed by atoms with E-state index in [1.807, 2.05) is 12.0 Å². The predicted octanol–water partition coefficient (Wildman–Crippen LogP) is 7.05. The van der Waals surface area contributed by atoms with Gasteiger partial charge in [-0.2, -0.15) is 0 Å². The molecule has 3 aliphatic heterocycles. The lowest BCUT2D eigenvalue weighted by Crippen LogP contribution is -2.53. The maximum atomic E-state index is 15.3. The minimum atomic E-state index is -2.10. The normalized spacial score (nSPS) is 36.1. The largest absolute Gasteiger partial charge is 0.395 e. The molecule has 2 saturated heterocycles. The number of hydrogen-bond donors (Lipinski definition) is 1. The fourth-order valence-corrected chi connectivity index (χ4v) is 17.6. The van der Waals surface area contributed by atoms with Crippen molar-refractivity contribution >= 4 is 25.8 Å². The molecule has 0 bridgehead atoms. The zero-order chi connectivity index (χ0) is 36.6. The lowest BCUT2D eigenvalue weighted by Gasteiger charge is -2.45. The summed E-state index contributed by atoms with van der Waals surface area (Å²) in [4.78, 5) is 48.3. The first-order valence-corrected chi connectivity index (χ1v) is 24.7. The minimum Gasteiger partial charge on any atom is -0.395 e. The number of ether oxygens (including phenoxy) is 2. The molecule has 4 aliphatic carbocycles. The number of allylic oxidation sites excluding steroid dienone is 1. The number of aliphatic hydroxyl groups is 1. The Labute approximate surface area is 314 Å². The number of methoxy groups -OCH3 is 1. The highest BCUT2D eigenvalue weighted by Crippen LogP contribution is 2.61. The monoisotopic (exact) mass is 739 g/mol. The van der Waals surface area contributed by atoms with E-state index in [4.69, 9.17) is 9.47 Å². The second kappa shape index (κ2) is 16.2. The number of amides is 3. The van der Waals surface area contributed by atoms with Crippen LogP contribution < -0.4 is 0 Å². The van der Waals surface area contributed by atoms with E-state index in [-0.39, 0.29) is 48.3 Å². The van der Waals surface area contributed by atoms with E-state index in [0.29, 0.717) is 49.0 Å². The summed E-state index contributed by atoms with van der Waals surface area (Å²) in [6.07, 6.45) is 19.7. The SMILES string of the molecule is COC1CCC([Si](C)(C)[C@@H]2[C@@H](CC(=O)N(CCO)CC3CCCCC3)O[C@]3(C(=O)N(CC4CCCC(N5CCC5=O)C4)C4=C3CCCC4)[C@H]2C)CC1. The summed E-state index contributed by atoms with van der Waals surface area (Å²) in [5.41, 5.74) is 2.21. The van der Waals surface area contributed by atoms with Crippen molar-refractivity contribution in [3.8, 4) is 0 Å². The number of fused-ring (bicyclic) bond motifs is 1. The Kier molecular flexibility index (Phi) is 12.0. The van der Waals surface area contributed by atoms with Crippen LogP contribution in [0.4, 0.5) is 0 Å². The molecule has 5 fully saturated rings. The predicted molar refractivity (Wildman–Crippen MR) is 205 cm³/mol. The average molecular weight is 740 g/mol. The second-order valence-electron chi connectivity index (χ2n) is 18.6. The number of nitrogens with zero attached hydrogens (tertiary/aromatic N) is 3. The molecular formula is C42H69N3O6Si. The highest BCUT2D eigenvalue weighted by atomic mass is 28.3. The van der Waals surface area contributed by atoms with Crippen LogP contribution in [0, 0.1) is 17.8 Å². The minimum absolute atomic E-state index is 0.00448. The van der Waals surface area contributed by atoms with Crippen LogP contribution in [-0.2, 0) is 23.9 Å². The van der Waals surface area contributed by atoms with Gasteiger partial charge < -0.3 is 29.3 Å². The lowest BCUT2D eigenvalue weighted by molar-refractivity contribution is -0.153. The zero-order valence-corrected chi connectivity index (χ0v) is 33.9. The average Bonchev–Trinajstić information content (AvgIpc) is 3.57. The first-order valence-electron chi connectivity index (χ1n) is 21.5. The molecule has 0 aromatic carbocycles. The third-order valence-corrected chi connectivity index (χ3v) is 20.7. The molecule has 7 aliphatic rings. The van der Waals surface area contributed by atoms with Crippen LogP contribution in [-0.4, -0.2) is 109 Å². The molecule has 0 radical (unpaired) electrons. The first kappa shape index (κ1) is 38.5. The fraction of sp³-hybridized carbons (Fsp3) is 0.881. The van der Waals surface area contributed by atoms with Crippen LogP contribution in [0.3, 0.4) is 0 Å². The molecule has 3 saturated carbocycles. The van der Waals surface area contributed by atoms with Crippen LogP contribution in [0.25, 0.3) is 0 Å². The van der Waals surface area contributed by atoms with E-state index in [0.717, 1.165) is 103 Å². The standard InChI is InChI=1S/C42H69N3O6Si/c1-29-40(52(3,4)34-19-17-33(50-2)18-20-34)37(26-39(48)43(23-24-46)27-30-11-6-5-7-12-30)51-42(29)35-15-8-9-16-36(35)45(41(42)49)28-31-13-10-14-32(25-31)44-22-21-38(44)47/h29-34,37,40,46H,5-28H2,1-4H3/t29-,31?,32?,33?,34?,37+,40-,42+/m0/s1. The summed E-state index contributed by atoms with van der Waals surface area (Å²) in [5, 5.41) is 10.1.